The van der Waals surface area contributed by atoms with Crippen LogP contribution in [-0.4, -0.2) is 27.5 Å². The number of hydrogen-bond donors (Lipinski definition) is 1. The molecule has 2 aromatic carbocycles. The molecule has 1 N–H and O–H groups in total. The van der Waals surface area contributed by atoms with Gasteiger partial charge in [-0.25, -0.2) is 0 Å². The Morgan fingerprint density at radius 3 is 2.92 bits per heavy atom. The van der Waals surface area contributed by atoms with E-state index in [2.05, 4.69) is 37.5 Å². The molecule has 0 fully saturated rings. The van der Waals surface area contributed by atoms with Gasteiger partial charge in [-0.1, -0.05) is 30.3 Å². The zero-order chi connectivity index (χ0) is 17.2. The molecule has 6 nitrogen and oxygen atoms in total. The molecule has 2 heterocycles. The molecule has 0 saturated heterocycles. The maximum absolute atomic E-state index is 11.5. The van der Waals surface area contributed by atoms with Gasteiger partial charge in [0.25, 0.3) is 5.95 Å². The van der Waals surface area contributed by atoms with Gasteiger partial charge in [-0.3, -0.25) is 4.79 Å². The molecule has 124 valence electrons. The second-order valence-corrected chi connectivity index (χ2v) is 5.93. The van der Waals surface area contributed by atoms with Crippen LogP contribution in [0.15, 0.2) is 54.7 Å². The van der Waals surface area contributed by atoms with Gasteiger partial charge in [0, 0.05) is 23.5 Å². The van der Waals surface area contributed by atoms with Crippen molar-refractivity contribution in [3.05, 3.63) is 65.9 Å². The fourth-order valence-electron chi connectivity index (χ4n) is 2.98. The summed E-state index contributed by atoms with van der Waals surface area (Å²) in [5.74, 6) is 1.19. The van der Waals surface area contributed by atoms with Crippen LogP contribution in [0.1, 0.15) is 22.8 Å². The van der Waals surface area contributed by atoms with Gasteiger partial charge in [0.2, 0.25) is 0 Å². The van der Waals surface area contributed by atoms with E-state index in [1.165, 1.54) is 5.56 Å². The molecule has 25 heavy (non-hydrogen) atoms. The lowest BCUT2D eigenvalue weighted by atomic mass is 10.1. The van der Waals surface area contributed by atoms with Gasteiger partial charge < -0.3 is 10.2 Å². The van der Waals surface area contributed by atoms with Crippen molar-refractivity contribution in [1.82, 2.24) is 15.2 Å². The number of para-hydroxylation sites is 1. The first-order chi connectivity index (χ1) is 12.2. The molecule has 0 aliphatic carbocycles. The minimum Gasteiger partial charge on any atom is -0.339 e. The second kappa shape index (κ2) is 6.32. The van der Waals surface area contributed by atoms with Gasteiger partial charge in [0.05, 0.1) is 6.20 Å². The average molecular weight is 331 g/mol. The smallest absolute Gasteiger partial charge is 0.251 e. The topological polar surface area (TPSA) is 71.0 Å². The van der Waals surface area contributed by atoms with Crippen LogP contribution in [0.5, 0.6) is 0 Å². The highest BCUT2D eigenvalue weighted by Crippen LogP contribution is 2.32. The zero-order valence-electron chi connectivity index (χ0n) is 13.8. The van der Waals surface area contributed by atoms with Gasteiger partial charge in [-0.15, -0.1) is 5.10 Å². The molecular formula is C19H17N5O. The predicted molar refractivity (Wildman–Crippen MR) is 96.7 cm³/mol. The first-order valence-electron chi connectivity index (χ1n) is 8.14. The van der Waals surface area contributed by atoms with Crippen molar-refractivity contribution in [3.8, 4) is 0 Å². The Morgan fingerprint density at radius 2 is 2.04 bits per heavy atom. The Balaban J connectivity index is 1.61. The van der Waals surface area contributed by atoms with Gasteiger partial charge in [0.15, 0.2) is 11.6 Å². The molecule has 1 aromatic heterocycles. The van der Waals surface area contributed by atoms with Crippen LogP contribution >= 0.6 is 0 Å². The molecule has 0 bridgehead atoms. The average Bonchev–Trinajstić information content (AvgIpc) is 3.06. The van der Waals surface area contributed by atoms with Gasteiger partial charge in [-0.05, 0) is 37.1 Å². The quantitative estimate of drug-likeness (QED) is 0.738. The number of hydrogen-bond acceptors (Lipinski definition) is 6. The van der Waals surface area contributed by atoms with E-state index in [4.69, 9.17) is 0 Å². The molecular weight excluding hydrogens is 314 g/mol. The van der Waals surface area contributed by atoms with E-state index < -0.39 is 0 Å². The van der Waals surface area contributed by atoms with Crippen molar-refractivity contribution < 1.29 is 4.79 Å². The Labute approximate surface area is 145 Å². The summed E-state index contributed by atoms with van der Waals surface area (Å²) >= 11 is 0. The van der Waals surface area contributed by atoms with Crippen molar-refractivity contribution in [2.75, 3.05) is 16.8 Å². The third-order valence-corrected chi connectivity index (χ3v) is 4.22. The van der Waals surface area contributed by atoms with Crippen molar-refractivity contribution in [3.63, 3.8) is 0 Å². The summed E-state index contributed by atoms with van der Waals surface area (Å²) in [7, 11) is 0. The van der Waals surface area contributed by atoms with Crippen LogP contribution in [0.3, 0.4) is 0 Å². The van der Waals surface area contributed by atoms with E-state index in [0.717, 1.165) is 24.3 Å². The number of Topliss-reactive ketones (excluding diaryl/α,β-unsaturated/α-hetero) is 1. The highest BCUT2D eigenvalue weighted by atomic mass is 16.1. The maximum Gasteiger partial charge on any atom is 0.251 e. The fraction of sp³-hybridized carbons (Fsp3) is 0.158. The largest absolute Gasteiger partial charge is 0.339 e. The minimum atomic E-state index is 0.0267. The van der Waals surface area contributed by atoms with Crippen molar-refractivity contribution >= 4 is 28.9 Å². The Bertz CT molecular complexity index is 940. The van der Waals surface area contributed by atoms with E-state index in [0.29, 0.717) is 17.3 Å². The van der Waals surface area contributed by atoms with Crippen molar-refractivity contribution in [2.45, 2.75) is 13.3 Å². The molecule has 1 aliphatic heterocycles. The zero-order valence-corrected chi connectivity index (χ0v) is 13.8. The monoisotopic (exact) mass is 331 g/mol. The van der Waals surface area contributed by atoms with Crippen LogP contribution < -0.4 is 10.2 Å². The van der Waals surface area contributed by atoms with E-state index >= 15 is 0 Å². The number of nitrogens with zero attached hydrogens (tertiary/aromatic N) is 4. The third-order valence-electron chi connectivity index (χ3n) is 4.22. The number of benzene rings is 2. The maximum atomic E-state index is 11.5. The molecule has 4 rings (SSSR count). The number of carbonyl (C=O) groups is 1. The Morgan fingerprint density at radius 1 is 1.16 bits per heavy atom. The lowest BCUT2D eigenvalue weighted by Gasteiger charge is -2.17. The number of aromatic nitrogens is 3. The number of carbonyl (C=O) groups excluding carboxylic acids is 1. The van der Waals surface area contributed by atoms with Gasteiger partial charge in [0.1, 0.15) is 0 Å². The molecule has 0 atom stereocenters. The van der Waals surface area contributed by atoms with Crippen LogP contribution in [0.25, 0.3) is 0 Å². The van der Waals surface area contributed by atoms with E-state index in [9.17, 15) is 4.79 Å². The standard InChI is InChI=1S/C19H17N5O/c1-13(25)15-6-4-7-16(11-15)21-18-12-20-23-19(22-18)24-10-9-14-5-2-3-8-17(14)24/h2-8,11-12H,9-10H2,1H3,(H,21,22,23). The van der Waals surface area contributed by atoms with Gasteiger partial charge in [-0.2, -0.15) is 10.1 Å². The Kier molecular flexibility index (Phi) is 3.85. The molecule has 1 aliphatic rings. The van der Waals surface area contributed by atoms with Crippen LogP contribution in [-0.2, 0) is 6.42 Å². The lowest BCUT2D eigenvalue weighted by molar-refractivity contribution is 0.101. The van der Waals surface area contributed by atoms with Crippen LogP contribution in [0.4, 0.5) is 23.1 Å². The summed E-state index contributed by atoms with van der Waals surface area (Å²) in [5, 5.41) is 11.4. The van der Waals surface area contributed by atoms with E-state index in [-0.39, 0.29) is 5.78 Å². The second-order valence-electron chi connectivity index (χ2n) is 5.93. The number of rotatable bonds is 4. The molecule has 0 saturated carbocycles. The van der Waals surface area contributed by atoms with Crippen LogP contribution in [0, 0.1) is 0 Å². The number of nitrogens with one attached hydrogen (secondary N) is 1. The number of anilines is 4. The normalized spacial score (nSPS) is 12.8. The summed E-state index contributed by atoms with van der Waals surface area (Å²) in [6.07, 6.45) is 2.55. The van der Waals surface area contributed by atoms with E-state index in [1.54, 1.807) is 25.3 Å². The first-order valence-corrected chi connectivity index (χ1v) is 8.14. The van der Waals surface area contributed by atoms with Gasteiger partial charge >= 0.3 is 0 Å². The molecule has 0 unspecified atom stereocenters. The summed E-state index contributed by atoms with van der Waals surface area (Å²) in [6.45, 7) is 2.39. The summed E-state index contributed by atoms with van der Waals surface area (Å²) in [4.78, 5) is 18.2. The summed E-state index contributed by atoms with van der Waals surface area (Å²) < 4.78 is 0. The minimum absolute atomic E-state index is 0.0267. The molecule has 3 aromatic rings. The molecule has 0 amide bonds. The fourth-order valence-corrected chi connectivity index (χ4v) is 2.98. The highest BCUT2D eigenvalue weighted by molar-refractivity contribution is 5.95. The first kappa shape index (κ1) is 15.3. The lowest BCUT2D eigenvalue weighted by Crippen LogP contribution is -2.17. The predicted octanol–water partition coefficient (Wildman–Crippen LogP) is 3.51. The molecule has 0 radical (unpaired) electrons. The molecule has 0 spiro atoms. The molecule has 6 heteroatoms. The number of ketones is 1. The Hall–Kier alpha value is -3.28. The van der Waals surface area contributed by atoms with Crippen molar-refractivity contribution in [2.24, 2.45) is 0 Å². The third kappa shape index (κ3) is 3.06. The van der Waals surface area contributed by atoms with Crippen LogP contribution in [0.2, 0.25) is 0 Å². The highest BCUT2D eigenvalue weighted by Gasteiger charge is 2.22. The summed E-state index contributed by atoms with van der Waals surface area (Å²) in [5.41, 5.74) is 3.86. The summed E-state index contributed by atoms with van der Waals surface area (Å²) in [6, 6.07) is 15.6. The van der Waals surface area contributed by atoms with Crippen molar-refractivity contribution in [1.29, 1.82) is 0 Å². The van der Waals surface area contributed by atoms with E-state index in [1.807, 2.05) is 24.3 Å². The SMILES string of the molecule is CC(=O)c1cccc(Nc2cnnc(N3CCc4ccccc43)n2)c1. The number of fused-ring (bicyclic) bond motifs is 1.